The van der Waals surface area contributed by atoms with Crippen LogP contribution < -0.4 is 5.32 Å². The zero-order valence-corrected chi connectivity index (χ0v) is 13.8. The highest BCUT2D eigenvalue weighted by Crippen LogP contribution is 2.16. The highest BCUT2D eigenvalue weighted by atomic mass is 16.1. The Bertz CT molecular complexity index is 199. The van der Waals surface area contributed by atoms with Crippen molar-refractivity contribution in [1.82, 2.24) is 5.32 Å². The van der Waals surface area contributed by atoms with E-state index >= 15 is 0 Å². The summed E-state index contributed by atoms with van der Waals surface area (Å²) in [7, 11) is 0. The molecule has 2 heteroatoms. The molecule has 2 atom stereocenters. The fraction of sp³-hybridized carbons (Fsp3) is 0.938. The van der Waals surface area contributed by atoms with Gasteiger partial charge in [0.1, 0.15) is 0 Å². The van der Waals surface area contributed by atoms with E-state index in [1.54, 1.807) is 0 Å². The van der Waals surface area contributed by atoms with E-state index in [-0.39, 0.29) is 11.8 Å². The van der Waals surface area contributed by atoms with Gasteiger partial charge in [0.2, 0.25) is 5.91 Å². The van der Waals surface area contributed by atoms with Crippen LogP contribution in [0.4, 0.5) is 0 Å². The number of carbonyl (C=O) groups is 1. The maximum absolute atomic E-state index is 12.0. The molecule has 0 aromatic heterocycles. The Kier molecular flexibility index (Phi) is 12.7. The molecule has 0 aliphatic carbocycles. The average Bonchev–Trinajstić information content (AvgIpc) is 2.26. The summed E-state index contributed by atoms with van der Waals surface area (Å²) in [6, 6.07) is 0.300. The number of hydrogen-bond donors (Lipinski definition) is 1. The zero-order chi connectivity index (χ0) is 14.7. The smallest absolute Gasteiger partial charge is 0.223 e. The molecule has 0 bridgehead atoms. The lowest BCUT2D eigenvalue weighted by Crippen LogP contribution is -2.38. The third kappa shape index (κ3) is 10.6. The van der Waals surface area contributed by atoms with Crippen LogP contribution in [0.1, 0.15) is 74.7 Å². The van der Waals surface area contributed by atoms with Crippen LogP contribution in [-0.2, 0) is 4.79 Å². The predicted molar refractivity (Wildman–Crippen MR) is 81.6 cm³/mol. The molecule has 2 nitrogen and oxygen atoms in total. The molecule has 0 aromatic rings. The SMILES string of the molecule is CC.CCC(CC(C)C)C(=O)NC(C)CC(C)C. The van der Waals surface area contributed by atoms with E-state index < -0.39 is 0 Å². The summed E-state index contributed by atoms with van der Waals surface area (Å²) in [5.41, 5.74) is 0. The van der Waals surface area contributed by atoms with E-state index in [1.807, 2.05) is 13.8 Å². The molecule has 0 saturated carbocycles. The van der Waals surface area contributed by atoms with Gasteiger partial charge in [0.15, 0.2) is 0 Å². The highest BCUT2D eigenvalue weighted by molar-refractivity contribution is 5.78. The highest BCUT2D eigenvalue weighted by Gasteiger charge is 2.19. The lowest BCUT2D eigenvalue weighted by molar-refractivity contribution is -0.126. The van der Waals surface area contributed by atoms with Gasteiger partial charge in [-0.3, -0.25) is 4.79 Å². The minimum atomic E-state index is 0.189. The number of carbonyl (C=O) groups excluding carboxylic acids is 1. The summed E-state index contributed by atoms with van der Waals surface area (Å²) in [6.45, 7) is 16.9. The molecule has 1 N–H and O–H groups in total. The lowest BCUT2D eigenvalue weighted by atomic mass is 9.93. The molecule has 110 valence electrons. The van der Waals surface area contributed by atoms with Gasteiger partial charge in [-0.25, -0.2) is 0 Å². The van der Waals surface area contributed by atoms with Crippen molar-refractivity contribution in [3.8, 4) is 0 Å². The molecule has 0 saturated heterocycles. The molecule has 0 fully saturated rings. The Morgan fingerprint density at radius 1 is 0.944 bits per heavy atom. The van der Waals surface area contributed by atoms with Crippen LogP contribution in [0.5, 0.6) is 0 Å². The number of hydrogen-bond acceptors (Lipinski definition) is 1. The Balaban J connectivity index is 0. The lowest BCUT2D eigenvalue weighted by Gasteiger charge is -2.21. The van der Waals surface area contributed by atoms with Gasteiger partial charge < -0.3 is 5.32 Å². The van der Waals surface area contributed by atoms with E-state index in [0.717, 1.165) is 19.3 Å². The molecular formula is C16H35NO. The standard InChI is InChI=1S/C14H29NO.C2H6/c1-7-13(9-11(4)5)14(16)15-12(6)8-10(2)3;1-2/h10-13H,7-9H2,1-6H3,(H,15,16);1-2H3. The largest absolute Gasteiger partial charge is 0.353 e. The van der Waals surface area contributed by atoms with Gasteiger partial charge in [-0.05, 0) is 38.0 Å². The van der Waals surface area contributed by atoms with Crippen molar-refractivity contribution in [2.45, 2.75) is 80.7 Å². The van der Waals surface area contributed by atoms with Gasteiger partial charge in [-0.15, -0.1) is 0 Å². The summed E-state index contributed by atoms with van der Waals surface area (Å²) < 4.78 is 0. The minimum absolute atomic E-state index is 0.189. The zero-order valence-electron chi connectivity index (χ0n) is 13.8. The molecule has 0 rings (SSSR count). The molecular weight excluding hydrogens is 222 g/mol. The molecule has 0 aliphatic rings. The van der Waals surface area contributed by atoms with Crippen molar-refractivity contribution in [2.75, 3.05) is 0 Å². The van der Waals surface area contributed by atoms with Gasteiger partial charge in [0, 0.05) is 12.0 Å². The molecule has 18 heavy (non-hydrogen) atoms. The first-order valence-corrected chi connectivity index (χ1v) is 7.67. The van der Waals surface area contributed by atoms with Crippen molar-refractivity contribution in [3.05, 3.63) is 0 Å². The average molecular weight is 257 g/mol. The first-order valence-electron chi connectivity index (χ1n) is 7.67. The molecule has 0 heterocycles. The first-order chi connectivity index (χ1) is 8.36. The molecule has 0 radical (unpaired) electrons. The topological polar surface area (TPSA) is 29.1 Å². The van der Waals surface area contributed by atoms with Crippen molar-refractivity contribution in [3.63, 3.8) is 0 Å². The van der Waals surface area contributed by atoms with Gasteiger partial charge in [0.25, 0.3) is 0 Å². The van der Waals surface area contributed by atoms with Crippen molar-refractivity contribution in [2.24, 2.45) is 17.8 Å². The maximum atomic E-state index is 12.0. The molecule has 0 spiro atoms. The summed E-state index contributed by atoms with van der Waals surface area (Å²) in [6.07, 6.45) is 3.00. The minimum Gasteiger partial charge on any atom is -0.353 e. The summed E-state index contributed by atoms with van der Waals surface area (Å²) in [4.78, 5) is 12.0. The fourth-order valence-electron chi connectivity index (χ4n) is 2.15. The summed E-state index contributed by atoms with van der Waals surface area (Å²) in [5.74, 6) is 1.66. The van der Waals surface area contributed by atoms with Crippen LogP contribution in [0, 0.1) is 17.8 Å². The molecule has 2 unspecified atom stereocenters. The number of nitrogens with one attached hydrogen (secondary N) is 1. The normalized spacial score (nSPS) is 13.9. The molecule has 0 aliphatic heterocycles. The van der Waals surface area contributed by atoms with Gasteiger partial charge in [-0.1, -0.05) is 48.5 Å². The number of amides is 1. The van der Waals surface area contributed by atoms with Gasteiger partial charge in [0.05, 0.1) is 0 Å². The summed E-state index contributed by atoms with van der Waals surface area (Å²) in [5, 5.41) is 3.13. The van der Waals surface area contributed by atoms with E-state index in [0.29, 0.717) is 17.9 Å². The van der Waals surface area contributed by atoms with Crippen LogP contribution in [0.25, 0.3) is 0 Å². The van der Waals surface area contributed by atoms with E-state index in [4.69, 9.17) is 0 Å². The van der Waals surface area contributed by atoms with E-state index in [9.17, 15) is 4.79 Å². The van der Waals surface area contributed by atoms with Gasteiger partial charge in [-0.2, -0.15) is 0 Å². The summed E-state index contributed by atoms with van der Waals surface area (Å²) >= 11 is 0. The molecule has 0 aromatic carbocycles. The predicted octanol–water partition coefficient (Wildman–Crippen LogP) is 4.64. The quantitative estimate of drug-likeness (QED) is 0.707. The Hall–Kier alpha value is -0.530. The number of rotatable bonds is 7. The van der Waals surface area contributed by atoms with Crippen molar-refractivity contribution >= 4 is 5.91 Å². The third-order valence-corrected chi connectivity index (χ3v) is 2.83. The first kappa shape index (κ1) is 19.8. The van der Waals surface area contributed by atoms with E-state index in [1.165, 1.54) is 0 Å². The van der Waals surface area contributed by atoms with Crippen LogP contribution in [0.2, 0.25) is 0 Å². The third-order valence-electron chi connectivity index (χ3n) is 2.83. The van der Waals surface area contributed by atoms with Crippen molar-refractivity contribution < 1.29 is 4.79 Å². The second kappa shape index (κ2) is 11.6. The Labute approximate surface area is 115 Å². The second-order valence-electron chi connectivity index (χ2n) is 5.77. The van der Waals surface area contributed by atoms with Crippen LogP contribution in [0.3, 0.4) is 0 Å². The second-order valence-corrected chi connectivity index (χ2v) is 5.77. The molecule has 1 amide bonds. The fourth-order valence-corrected chi connectivity index (χ4v) is 2.15. The van der Waals surface area contributed by atoms with E-state index in [2.05, 4.69) is 46.9 Å². The Morgan fingerprint density at radius 3 is 1.72 bits per heavy atom. The van der Waals surface area contributed by atoms with Crippen LogP contribution in [0.15, 0.2) is 0 Å². The van der Waals surface area contributed by atoms with Gasteiger partial charge >= 0.3 is 0 Å². The van der Waals surface area contributed by atoms with Crippen molar-refractivity contribution in [1.29, 1.82) is 0 Å². The van der Waals surface area contributed by atoms with Crippen LogP contribution in [-0.4, -0.2) is 11.9 Å². The maximum Gasteiger partial charge on any atom is 0.223 e. The van der Waals surface area contributed by atoms with Crippen LogP contribution >= 0.6 is 0 Å². The Morgan fingerprint density at radius 2 is 1.39 bits per heavy atom. The monoisotopic (exact) mass is 257 g/mol.